The molecule has 1 aliphatic rings. The number of methoxy groups -OCH3 is 1. The molecule has 5 nitrogen and oxygen atoms in total. The molecule has 29 heavy (non-hydrogen) atoms. The molecule has 0 amide bonds. The molecule has 1 aromatic heterocycles. The van der Waals surface area contributed by atoms with Crippen LogP contribution in [0.15, 0.2) is 48.8 Å². The molecular formula is C23H32N2O3S. The van der Waals surface area contributed by atoms with Crippen LogP contribution in [0.3, 0.4) is 0 Å². The van der Waals surface area contributed by atoms with Crippen LogP contribution in [-0.2, 0) is 21.9 Å². The van der Waals surface area contributed by atoms with Crippen molar-refractivity contribution < 1.29 is 14.0 Å². The third-order valence-electron chi connectivity index (χ3n) is 5.61. The Balaban J connectivity index is 1.58. The maximum absolute atomic E-state index is 12.9. The molecule has 2 aromatic rings. The second kappa shape index (κ2) is 11.0. The molecule has 2 heterocycles. The minimum atomic E-state index is -1.04. The molecule has 0 N–H and O–H groups in total. The molecule has 0 spiro atoms. The van der Waals surface area contributed by atoms with Crippen LogP contribution in [0.2, 0.25) is 0 Å². The standard InChI is InChI=1S/C23H32N2O3S/c1-4-22(27-3)23(5-2)28-21-8-6-7-18(15-21)17-29(26)25-14-11-20(16-25)19-9-12-24-13-10-19/h6-10,12-13,15,20,22-23H,4-5,11,14,16-17H2,1-3H3. The Morgan fingerprint density at radius 1 is 1.17 bits per heavy atom. The summed E-state index contributed by atoms with van der Waals surface area (Å²) in [6.07, 6.45) is 6.58. The van der Waals surface area contributed by atoms with E-state index in [1.165, 1.54) is 5.56 Å². The molecule has 1 aromatic carbocycles. The molecule has 1 fully saturated rings. The molecule has 3 rings (SSSR count). The Morgan fingerprint density at radius 2 is 1.93 bits per heavy atom. The van der Waals surface area contributed by atoms with Crippen molar-refractivity contribution in [2.45, 2.75) is 57.0 Å². The van der Waals surface area contributed by atoms with E-state index in [9.17, 15) is 4.55 Å². The van der Waals surface area contributed by atoms with E-state index in [0.29, 0.717) is 11.7 Å². The Morgan fingerprint density at radius 3 is 2.62 bits per heavy atom. The minimum absolute atomic E-state index is 0.0189. The van der Waals surface area contributed by atoms with E-state index in [0.717, 1.165) is 43.7 Å². The van der Waals surface area contributed by atoms with E-state index in [4.69, 9.17) is 9.47 Å². The van der Waals surface area contributed by atoms with Crippen molar-refractivity contribution in [2.24, 2.45) is 0 Å². The zero-order valence-electron chi connectivity index (χ0n) is 17.6. The van der Waals surface area contributed by atoms with E-state index in [2.05, 4.69) is 35.3 Å². The second-order valence-electron chi connectivity index (χ2n) is 7.51. The Labute approximate surface area is 177 Å². The first-order valence-corrected chi connectivity index (χ1v) is 11.7. The number of rotatable bonds is 10. The highest BCUT2D eigenvalue weighted by Crippen LogP contribution is 2.30. The molecule has 4 unspecified atom stereocenters. The quantitative estimate of drug-likeness (QED) is 0.540. The van der Waals surface area contributed by atoms with Gasteiger partial charge in [0.1, 0.15) is 11.9 Å². The molecule has 1 aliphatic heterocycles. The highest BCUT2D eigenvalue weighted by atomic mass is 32.2. The summed E-state index contributed by atoms with van der Waals surface area (Å²) in [7, 11) is 1.73. The molecule has 0 aliphatic carbocycles. The van der Waals surface area contributed by atoms with Gasteiger partial charge in [-0.15, -0.1) is 4.31 Å². The topological polar surface area (TPSA) is 57.6 Å². The smallest absolute Gasteiger partial charge is 0.150 e. The van der Waals surface area contributed by atoms with Gasteiger partial charge in [-0.2, -0.15) is 0 Å². The van der Waals surface area contributed by atoms with Crippen molar-refractivity contribution in [3.05, 3.63) is 59.9 Å². The highest BCUT2D eigenvalue weighted by Gasteiger charge is 2.31. The molecule has 0 radical (unpaired) electrons. The fourth-order valence-electron chi connectivity index (χ4n) is 3.94. The summed E-state index contributed by atoms with van der Waals surface area (Å²) >= 11 is -1.04. The maximum atomic E-state index is 12.9. The number of benzene rings is 1. The van der Waals surface area contributed by atoms with Crippen LogP contribution in [0.4, 0.5) is 0 Å². The molecule has 4 atom stereocenters. The van der Waals surface area contributed by atoms with Crippen molar-refractivity contribution in [1.29, 1.82) is 0 Å². The molecule has 158 valence electrons. The fourth-order valence-corrected chi connectivity index (χ4v) is 5.24. The van der Waals surface area contributed by atoms with Gasteiger partial charge in [-0.1, -0.05) is 26.0 Å². The third-order valence-corrected chi connectivity index (χ3v) is 7.10. The van der Waals surface area contributed by atoms with Gasteiger partial charge in [0.2, 0.25) is 0 Å². The monoisotopic (exact) mass is 416 g/mol. The zero-order valence-corrected chi connectivity index (χ0v) is 18.4. The summed E-state index contributed by atoms with van der Waals surface area (Å²) in [5.74, 6) is 1.76. The van der Waals surface area contributed by atoms with Crippen molar-refractivity contribution >= 4 is 11.4 Å². The lowest BCUT2D eigenvalue weighted by atomic mass is 10.0. The molecule has 0 saturated carbocycles. The van der Waals surface area contributed by atoms with Gasteiger partial charge in [0.25, 0.3) is 0 Å². The number of hydrogen-bond acceptors (Lipinski definition) is 5. The van der Waals surface area contributed by atoms with E-state index in [1.807, 2.05) is 36.7 Å². The summed E-state index contributed by atoms with van der Waals surface area (Å²) in [5, 5.41) is 0. The molecule has 1 saturated heterocycles. The van der Waals surface area contributed by atoms with Crippen LogP contribution in [-0.4, -0.2) is 46.2 Å². The number of hydrogen-bond donors (Lipinski definition) is 0. The average Bonchev–Trinajstić information content (AvgIpc) is 3.25. The Hall–Kier alpha value is -1.60. The normalized spacial score (nSPS) is 20.3. The van der Waals surface area contributed by atoms with Crippen LogP contribution in [0.25, 0.3) is 0 Å². The van der Waals surface area contributed by atoms with Gasteiger partial charge in [0, 0.05) is 48.9 Å². The lowest BCUT2D eigenvalue weighted by Gasteiger charge is -2.25. The predicted octanol–water partition coefficient (Wildman–Crippen LogP) is 4.32. The SMILES string of the molecule is CCC(OC)C(CC)Oc1cccc(C[S+]([O-])N2CCC(c3ccncc3)C2)c1. The first-order valence-electron chi connectivity index (χ1n) is 10.5. The first-order chi connectivity index (χ1) is 14.1. The van der Waals surface area contributed by atoms with Gasteiger partial charge < -0.3 is 14.0 Å². The summed E-state index contributed by atoms with van der Waals surface area (Å²) in [4.78, 5) is 4.09. The summed E-state index contributed by atoms with van der Waals surface area (Å²) in [6, 6.07) is 12.1. The highest BCUT2D eigenvalue weighted by molar-refractivity contribution is 7.88. The maximum Gasteiger partial charge on any atom is 0.150 e. The number of ether oxygens (including phenoxy) is 2. The van der Waals surface area contributed by atoms with Crippen LogP contribution < -0.4 is 4.74 Å². The third kappa shape index (κ3) is 5.95. The van der Waals surface area contributed by atoms with Crippen LogP contribution in [0.5, 0.6) is 5.75 Å². The van der Waals surface area contributed by atoms with Crippen LogP contribution in [0.1, 0.15) is 50.2 Å². The van der Waals surface area contributed by atoms with E-state index < -0.39 is 11.4 Å². The van der Waals surface area contributed by atoms with E-state index in [-0.39, 0.29) is 12.2 Å². The summed E-state index contributed by atoms with van der Waals surface area (Å²) in [6.45, 7) is 5.91. The van der Waals surface area contributed by atoms with E-state index in [1.54, 1.807) is 7.11 Å². The van der Waals surface area contributed by atoms with Crippen molar-refractivity contribution in [3.63, 3.8) is 0 Å². The van der Waals surface area contributed by atoms with E-state index >= 15 is 0 Å². The van der Waals surface area contributed by atoms with Gasteiger partial charge in [0.15, 0.2) is 5.75 Å². The van der Waals surface area contributed by atoms with Crippen LogP contribution >= 0.6 is 0 Å². The van der Waals surface area contributed by atoms with Crippen LogP contribution in [0, 0.1) is 0 Å². The van der Waals surface area contributed by atoms with Gasteiger partial charge >= 0.3 is 0 Å². The molecular weight excluding hydrogens is 384 g/mol. The summed E-state index contributed by atoms with van der Waals surface area (Å²) in [5.41, 5.74) is 2.32. The number of pyridine rings is 1. The second-order valence-corrected chi connectivity index (χ2v) is 8.96. The largest absolute Gasteiger partial charge is 0.598 e. The van der Waals surface area contributed by atoms with Crippen molar-refractivity contribution in [1.82, 2.24) is 9.29 Å². The van der Waals surface area contributed by atoms with Gasteiger partial charge in [-0.05, 0) is 49.1 Å². The lowest BCUT2D eigenvalue weighted by molar-refractivity contribution is -0.00154. The zero-order chi connectivity index (χ0) is 20.6. The van der Waals surface area contributed by atoms with Gasteiger partial charge in [-0.25, -0.2) is 0 Å². The number of aromatic nitrogens is 1. The molecule has 0 bridgehead atoms. The lowest BCUT2D eigenvalue weighted by Crippen LogP contribution is -2.32. The van der Waals surface area contributed by atoms with Crippen molar-refractivity contribution in [3.8, 4) is 5.75 Å². The van der Waals surface area contributed by atoms with Gasteiger partial charge in [0.05, 0.1) is 12.6 Å². The van der Waals surface area contributed by atoms with Gasteiger partial charge in [-0.3, -0.25) is 4.98 Å². The van der Waals surface area contributed by atoms with Crippen molar-refractivity contribution in [2.75, 3.05) is 20.2 Å². The minimum Gasteiger partial charge on any atom is -0.598 e. The Kier molecular flexibility index (Phi) is 8.36. The first kappa shape index (κ1) is 22.1. The summed E-state index contributed by atoms with van der Waals surface area (Å²) < 4.78 is 26.8. The Bertz CT molecular complexity index is 742. The average molecular weight is 417 g/mol. The number of nitrogens with zero attached hydrogens (tertiary/aromatic N) is 2. The predicted molar refractivity (Wildman–Crippen MR) is 117 cm³/mol. The molecule has 6 heteroatoms. The fraction of sp³-hybridized carbons (Fsp3) is 0.522.